The Balaban J connectivity index is 2.33. The van der Waals surface area contributed by atoms with Crippen LogP contribution >= 0.6 is 0 Å². The van der Waals surface area contributed by atoms with Crippen LogP contribution in [-0.2, 0) is 6.42 Å². The smallest absolute Gasteiger partial charge is 0.0733 e. The molecule has 0 aromatic heterocycles. The summed E-state index contributed by atoms with van der Waals surface area (Å²) in [5, 5.41) is 9.36. The highest BCUT2D eigenvalue weighted by molar-refractivity contribution is 5.17. The van der Waals surface area contributed by atoms with Crippen LogP contribution < -0.4 is 5.73 Å². The average Bonchev–Trinajstić information content (AvgIpc) is 2.20. The van der Waals surface area contributed by atoms with Gasteiger partial charge in [-0.3, -0.25) is 0 Å². The zero-order valence-corrected chi connectivity index (χ0v) is 8.26. The first-order valence-electron chi connectivity index (χ1n) is 4.91. The van der Waals surface area contributed by atoms with E-state index in [9.17, 15) is 5.11 Å². The minimum Gasteiger partial charge on any atom is -0.389 e. The Morgan fingerprint density at radius 2 is 2.00 bits per heavy atom. The molecule has 14 heavy (non-hydrogen) atoms. The molecule has 0 bridgehead atoms. The molecule has 0 heterocycles. The molecule has 0 spiro atoms. The predicted octanol–water partition coefficient (Wildman–Crippen LogP) is 1.50. The summed E-state index contributed by atoms with van der Waals surface area (Å²) in [6.45, 7) is 0.525. The Morgan fingerprint density at radius 1 is 1.29 bits per heavy atom. The molecule has 0 amide bonds. The topological polar surface area (TPSA) is 46.2 Å². The first-order chi connectivity index (χ1) is 6.83. The molecule has 1 rings (SSSR count). The van der Waals surface area contributed by atoms with Crippen molar-refractivity contribution in [1.82, 2.24) is 0 Å². The molecule has 0 fully saturated rings. The molecule has 2 nitrogen and oxygen atoms in total. The molecule has 1 aromatic carbocycles. The molecule has 76 valence electrons. The van der Waals surface area contributed by atoms with Crippen LogP contribution in [0.3, 0.4) is 0 Å². The van der Waals surface area contributed by atoms with E-state index in [1.807, 2.05) is 24.3 Å². The van der Waals surface area contributed by atoms with Crippen LogP contribution in [0.5, 0.6) is 0 Å². The highest BCUT2D eigenvalue weighted by Gasteiger charge is 1.95. The second-order valence-corrected chi connectivity index (χ2v) is 3.26. The van der Waals surface area contributed by atoms with Crippen LogP contribution in [0, 0.1) is 0 Å². The maximum atomic E-state index is 9.36. The lowest BCUT2D eigenvalue weighted by Gasteiger charge is -2.01. The highest BCUT2D eigenvalue weighted by Crippen LogP contribution is 2.01. The standard InChI is InChI=1S/C12H17NO/c13-10-9-12(14)8-4-7-11-5-2-1-3-6-11/h1-6,8,12,14H,7,9-10,13H2. The van der Waals surface area contributed by atoms with Crippen molar-refractivity contribution in [3.63, 3.8) is 0 Å². The molecule has 1 atom stereocenters. The average molecular weight is 191 g/mol. The molecule has 0 aliphatic carbocycles. The zero-order chi connectivity index (χ0) is 10.2. The van der Waals surface area contributed by atoms with Crippen molar-refractivity contribution < 1.29 is 5.11 Å². The van der Waals surface area contributed by atoms with Crippen LogP contribution in [-0.4, -0.2) is 17.8 Å². The Labute approximate surface area is 85.1 Å². The van der Waals surface area contributed by atoms with E-state index in [4.69, 9.17) is 5.73 Å². The van der Waals surface area contributed by atoms with E-state index in [0.717, 1.165) is 6.42 Å². The quantitative estimate of drug-likeness (QED) is 0.693. The zero-order valence-electron chi connectivity index (χ0n) is 8.26. The lowest BCUT2D eigenvalue weighted by molar-refractivity contribution is 0.215. The number of rotatable bonds is 5. The number of allylic oxidation sites excluding steroid dienone is 1. The van der Waals surface area contributed by atoms with E-state index >= 15 is 0 Å². The van der Waals surface area contributed by atoms with Crippen molar-refractivity contribution in [3.05, 3.63) is 48.0 Å². The van der Waals surface area contributed by atoms with Crippen molar-refractivity contribution >= 4 is 0 Å². The largest absolute Gasteiger partial charge is 0.389 e. The maximum absolute atomic E-state index is 9.36. The van der Waals surface area contributed by atoms with E-state index in [0.29, 0.717) is 13.0 Å². The van der Waals surface area contributed by atoms with Crippen LogP contribution in [0.25, 0.3) is 0 Å². The summed E-state index contributed by atoms with van der Waals surface area (Å²) in [4.78, 5) is 0. The van der Waals surface area contributed by atoms with Crippen molar-refractivity contribution in [2.24, 2.45) is 5.73 Å². The lowest BCUT2D eigenvalue weighted by atomic mass is 10.1. The predicted molar refractivity (Wildman–Crippen MR) is 59.0 cm³/mol. The first kappa shape index (κ1) is 11.0. The second kappa shape index (κ2) is 6.35. The summed E-state index contributed by atoms with van der Waals surface area (Å²) < 4.78 is 0. The van der Waals surface area contributed by atoms with Crippen LogP contribution in [0.15, 0.2) is 42.5 Å². The highest BCUT2D eigenvalue weighted by atomic mass is 16.3. The van der Waals surface area contributed by atoms with Gasteiger partial charge in [0.2, 0.25) is 0 Å². The molecule has 0 aliphatic rings. The molecule has 1 unspecified atom stereocenters. The van der Waals surface area contributed by atoms with E-state index in [1.54, 1.807) is 6.08 Å². The fraction of sp³-hybridized carbons (Fsp3) is 0.333. The van der Waals surface area contributed by atoms with Gasteiger partial charge in [-0.15, -0.1) is 0 Å². The van der Waals surface area contributed by atoms with Gasteiger partial charge in [0.25, 0.3) is 0 Å². The summed E-state index contributed by atoms with van der Waals surface area (Å²) in [7, 11) is 0. The Hall–Kier alpha value is -1.12. The Morgan fingerprint density at radius 3 is 2.64 bits per heavy atom. The van der Waals surface area contributed by atoms with Crippen molar-refractivity contribution in [3.8, 4) is 0 Å². The minimum atomic E-state index is -0.399. The van der Waals surface area contributed by atoms with Gasteiger partial charge in [0.1, 0.15) is 0 Å². The van der Waals surface area contributed by atoms with Gasteiger partial charge in [-0.05, 0) is 24.9 Å². The van der Waals surface area contributed by atoms with Crippen molar-refractivity contribution in [2.45, 2.75) is 18.9 Å². The molecule has 3 N–H and O–H groups in total. The summed E-state index contributed by atoms with van der Waals surface area (Å²) in [6, 6.07) is 10.2. The molecular weight excluding hydrogens is 174 g/mol. The van der Waals surface area contributed by atoms with Crippen LogP contribution in [0.1, 0.15) is 12.0 Å². The van der Waals surface area contributed by atoms with Gasteiger partial charge < -0.3 is 10.8 Å². The van der Waals surface area contributed by atoms with Gasteiger partial charge in [-0.25, -0.2) is 0 Å². The fourth-order valence-corrected chi connectivity index (χ4v) is 1.24. The van der Waals surface area contributed by atoms with Crippen LogP contribution in [0.4, 0.5) is 0 Å². The maximum Gasteiger partial charge on any atom is 0.0733 e. The molecule has 0 saturated heterocycles. The number of hydrogen-bond acceptors (Lipinski definition) is 2. The van der Waals surface area contributed by atoms with E-state index in [-0.39, 0.29) is 0 Å². The minimum absolute atomic E-state index is 0.399. The molecular formula is C12H17NO. The third-order valence-electron chi connectivity index (χ3n) is 2.02. The molecule has 0 saturated carbocycles. The van der Waals surface area contributed by atoms with Gasteiger partial charge in [-0.1, -0.05) is 42.5 Å². The van der Waals surface area contributed by atoms with Gasteiger partial charge in [0, 0.05) is 0 Å². The normalized spacial score (nSPS) is 13.3. The Bertz CT molecular complexity index is 269. The number of nitrogens with two attached hydrogens (primary N) is 1. The summed E-state index contributed by atoms with van der Waals surface area (Å²) in [6.07, 6.45) is 4.88. The molecule has 0 aliphatic heterocycles. The van der Waals surface area contributed by atoms with Crippen molar-refractivity contribution in [2.75, 3.05) is 6.54 Å². The Kier molecular flexibility index (Phi) is 4.97. The van der Waals surface area contributed by atoms with Gasteiger partial charge in [0.15, 0.2) is 0 Å². The number of aliphatic hydroxyl groups excluding tert-OH is 1. The van der Waals surface area contributed by atoms with E-state index < -0.39 is 6.10 Å². The summed E-state index contributed by atoms with van der Waals surface area (Å²) in [5.41, 5.74) is 6.57. The van der Waals surface area contributed by atoms with Gasteiger partial charge >= 0.3 is 0 Å². The van der Waals surface area contributed by atoms with Crippen molar-refractivity contribution in [1.29, 1.82) is 0 Å². The molecule has 0 radical (unpaired) electrons. The molecule has 1 aromatic rings. The monoisotopic (exact) mass is 191 g/mol. The first-order valence-corrected chi connectivity index (χ1v) is 4.91. The van der Waals surface area contributed by atoms with Gasteiger partial charge in [-0.2, -0.15) is 0 Å². The number of benzene rings is 1. The SMILES string of the molecule is NCCC(O)C=CCc1ccccc1. The third kappa shape index (κ3) is 4.21. The van der Waals surface area contributed by atoms with E-state index in [1.165, 1.54) is 5.56 Å². The van der Waals surface area contributed by atoms with Gasteiger partial charge in [0.05, 0.1) is 6.10 Å². The number of aliphatic hydroxyl groups is 1. The summed E-state index contributed by atoms with van der Waals surface area (Å²) in [5.74, 6) is 0. The molecule has 2 heteroatoms. The van der Waals surface area contributed by atoms with Crippen LogP contribution in [0.2, 0.25) is 0 Å². The number of hydrogen-bond donors (Lipinski definition) is 2. The second-order valence-electron chi connectivity index (χ2n) is 3.26. The lowest BCUT2D eigenvalue weighted by Crippen LogP contribution is -2.10. The fourth-order valence-electron chi connectivity index (χ4n) is 1.24. The summed E-state index contributed by atoms with van der Waals surface area (Å²) >= 11 is 0. The third-order valence-corrected chi connectivity index (χ3v) is 2.02. The van der Waals surface area contributed by atoms with E-state index in [2.05, 4.69) is 12.1 Å².